The molecule has 1 aromatic carbocycles. The van der Waals surface area contributed by atoms with Crippen molar-refractivity contribution in [3.8, 4) is 0 Å². The number of thiophene rings is 1. The highest BCUT2D eigenvalue weighted by Crippen LogP contribution is 2.33. The highest BCUT2D eigenvalue weighted by molar-refractivity contribution is 7.99. The Bertz CT molecular complexity index is 633. The molecule has 20 heavy (non-hydrogen) atoms. The summed E-state index contributed by atoms with van der Waals surface area (Å²) in [6, 6.07) is 7.60. The van der Waals surface area contributed by atoms with E-state index < -0.39 is 5.97 Å². The first-order valence-corrected chi connectivity index (χ1v) is 8.07. The van der Waals surface area contributed by atoms with Gasteiger partial charge >= 0.3 is 11.9 Å². The number of carbonyl (C=O) groups excluding carboxylic acids is 1. The number of carbonyl (C=O) groups is 2. The topological polar surface area (TPSA) is 63.6 Å². The van der Waals surface area contributed by atoms with Crippen LogP contribution in [0.4, 0.5) is 0 Å². The molecule has 0 bridgehead atoms. The zero-order valence-corrected chi connectivity index (χ0v) is 12.6. The average molecular weight is 310 g/mol. The molecule has 0 spiro atoms. The van der Waals surface area contributed by atoms with Crippen LogP contribution in [-0.4, -0.2) is 29.4 Å². The summed E-state index contributed by atoms with van der Waals surface area (Å²) >= 11 is 2.65. The zero-order chi connectivity index (χ0) is 14.5. The van der Waals surface area contributed by atoms with E-state index in [1.165, 1.54) is 23.1 Å². The van der Waals surface area contributed by atoms with Crippen LogP contribution in [-0.2, 0) is 15.3 Å². The lowest BCUT2D eigenvalue weighted by molar-refractivity contribution is -0.139. The van der Waals surface area contributed by atoms with Gasteiger partial charge in [0.15, 0.2) is 0 Å². The highest BCUT2D eigenvalue weighted by Gasteiger charge is 2.17. The number of esters is 1. The molecular weight excluding hydrogens is 296 g/mol. The molecule has 106 valence electrons. The summed E-state index contributed by atoms with van der Waals surface area (Å²) in [5, 5.41) is 10.2. The Balaban J connectivity index is 2.17. The van der Waals surface area contributed by atoms with E-state index in [1.54, 1.807) is 6.92 Å². The van der Waals surface area contributed by atoms with E-state index in [9.17, 15) is 14.7 Å². The van der Waals surface area contributed by atoms with Gasteiger partial charge in [0.1, 0.15) is 4.88 Å². The van der Waals surface area contributed by atoms with E-state index in [1.807, 2.05) is 24.3 Å². The fourth-order valence-electron chi connectivity index (χ4n) is 1.85. The minimum absolute atomic E-state index is 0.233. The molecule has 0 fully saturated rings. The predicted octanol–water partition coefficient (Wildman–Crippen LogP) is 3.40. The first-order valence-electron chi connectivity index (χ1n) is 6.10. The SMILES string of the molecule is CCOC(=O)CSCc1c(C(=O)O)sc2ccccc12. The van der Waals surface area contributed by atoms with Crippen LogP contribution in [0.25, 0.3) is 10.1 Å². The van der Waals surface area contributed by atoms with E-state index in [0.717, 1.165) is 15.6 Å². The van der Waals surface area contributed by atoms with Crippen LogP contribution in [0.2, 0.25) is 0 Å². The van der Waals surface area contributed by atoms with E-state index in [0.29, 0.717) is 17.2 Å². The third kappa shape index (κ3) is 3.32. The van der Waals surface area contributed by atoms with Crippen LogP contribution < -0.4 is 0 Å². The summed E-state index contributed by atoms with van der Waals surface area (Å²) in [6.45, 7) is 2.12. The van der Waals surface area contributed by atoms with Crippen LogP contribution in [0.1, 0.15) is 22.2 Å². The maximum absolute atomic E-state index is 11.3. The molecule has 0 unspecified atom stereocenters. The number of ether oxygens (including phenoxy) is 1. The van der Waals surface area contributed by atoms with E-state index in [4.69, 9.17) is 4.74 Å². The third-order valence-corrected chi connectivity index (χ3v) is 4.80. The van der Waals surface area contributed by atoms with Gasteiger partial charge in [-0.25, -0.2) is 4.79 Å². The zero-order valence-electron chi connectivity index (χ0n) is 10.9. The number of carboxylic acids is 1. The minimum Gasteiger partial charge on any atom is -0.477 e. The van der Waals surface area contributed by atoms with Crippen LogP contribution in [0.5, 0.6) is 0 Å². The molecule has 0 amide bonds. The van der Waals surface area contributed by atoms with Crippen LogP contribution in [0, 0.1) is 0 Å². The van der Waals surface area contributed by atoms with Crippen LogP contribution in [0.3, 0.4) is 0 Å². The molecule has 1 aromatic heterocycles. The maximum atomic E-state index is 11.3. The number of hydrogen-bond acceptors (Lipinski definition) is 5. The molecule has 2 rings (SSSR count). The second kappa shape index (κ2) is 6.76. The summed E-state index contributed by atoms with van der Waals surface area (Å²) in [7, 11) is 0. The van der Waals surface area contributed by atoms with Crippen molar-refractivity contribution >= 4 is 45.1 Å². The maximum Gasteiger partial charge on any atom is 0.346 e. The largest absolute Gasteiger partial charge is 0.477 e. The summed E-state index contributed by atoms with van der Waals surface area (Å²) in [5.74, 6) is -0.464. The number of aromatic carboxylic acids is 1. The van der Waals surface area contributed by atoms with Gasteiger partial charge in [-0.2, -0.15) is 0 Å². The van der Waals surface area contributed by atoms with Crippen LogP contribution in [0.15, 0.2) is 24.3 Å². The van der Waals surface area contributed by atoms with Crippen LogP contribution >= 0.6 is 23.1 Å². The average Bonchev–Trinajstić information content (AvgIpc) is 2.78. The van der Waals surface area contributed by atoms with Gasteiger partial charge in [-0.1, -0.05) is 18.2 Å². The van der Waals surface area contributed by atoms with E-state index >= 15 is 0 Å². The Hall–Kier alpha value is -1.53. The van der Waals surface area contributed by atoms with Gasteiger partial charge in [0, 0.05) is 10.5 Å². The second-order valence-electron chi connectivity index (χ2n) is 4.01. The molecule has 0 radical (unpaired) electrons. The van der Waals surface area contributed by atoms with Crippen molar-refractivity contribution in [3.05, 3.63) is 34.7 Å². The van der Waals surface area contributed by atoms with Crippen molar-refractivity contribution in [2.75, 3.05) is 12.4 Å². The number of rotatable bonds is 6. The molecular formula is C14H14O4S2. The highest BCUT2D eigenvalue weighted by atomic mass is 32.2. The molecule has 0 aliphatic carbocycles. The van der Waals surface area contributed by atoms with Gasteiger partial charge in [-0.15, -0.1) is 23.1 Å². The van der Waals surface area contributed by atoms with E-state index in [2.05, 4.69) is 0 Å². The summed E-state index contributed by atoms with van der Waals surface area (Å²) in [4.78, 5) is 22.9. The smallest absolute Gasteiger partial charge is 0.346 e. The predicted molar refractivity (Wildman–Crippen MR) is 81.6 cm³/mol. The number of thioether (sulfide) groups is 1. The van der Waals surface area contributed by atoms with Gasteiger partial charge < -0.3 is 9.84 Å². The molecule has 0 saturated carbocycles. The van der Waals surface area contributed by atoms with Gasteiger partial charge in [-0.3, -0.25) is 4.79 Å². The summed E-state index contributed by atoms with van der Waals surface area (Å²) in [6.07, 6.45) is 0. The van der Waals surface area contributed by atoms with Crippen molar-refractivity contribution in [3.63, 3.8) is 0 Å². The van der Waals surface area contributed by atoms with Gasteiger partial charge in [0.2, 0.25) is 0 Å². The lowest BCUT2D eigenvalue weighted by Gasteiger charge is -2.03. The van der Waals surface area contributed by atoms with Gasteiger partial charge in [0.25, 0.3) is 0 Å². The lowest BCUT2D eigenvalue weighted by atomic mass is 10.1. The molecule has 6 heteroatoms. The first kappa shape index (κ1) is 14.9. The Labute approximate surface area is 124 Å². The minimum atomic E-state index is -0.919. The molecule has 0 aliphatic rings. The number of fused-ring (bicyclic) bond motifs is 1. The van der Waals surface area contributed by atoms with Crippen molar-refractivity contribution in [2.45, 2.75) is 12.7 Å². The Morgan fingerprint density at radius 3 is 2.80 bits per heavy atom. The normalized spacial score (nSPS) is 10.7. The van der Waals surface area contributed by atoms with Gasteiger partial charge in [0.05, 0.1) is 12.4 Å². The monoisotopic (exact) mass is 310 g/mol. The van der Waals surface area contributed by atoms with Crippen molar-refractivity contribution in [1.82, 2.24) is 0 Å². The van der Waals surface area contributed by atoms with E-state index in [-0.39, 0.29) is 11.7 Å². The molecule has 4 nitrogen and oxygen atoms in total. The number of hydrogen-bond donors (Lipinski definition) is 1. The Kier molecular flexibility index (Phi) is 5.03. The quantitative estimate of drug-likeness (QED) is 0.829. The number of benzene rings is 1. The Morgan fingerprint density at radius 1 is 1.35 bits per heavy atom. The molecule has 1 N–H and O–H groups in total. The Morgan fingerprint density at radius 2 is 2.10 bits per heavy atom. The fraction of sp³-hybridized carbons (Fsp3) is 0.286. The van der Waals surface area contributed by atoms with Crippen molar-refractivity contribution in [1.29, 1.82) is 0 Å². The standard InChI is InChI=1S/C14H14O4S2/c1-2-18-12(15)8-19-7-10-9-5-3-4-6-11(9)20-13(10)14(16)17/h3-6H,2,7-8H2,1H3,(H,16,17). The summed E-state index contributed by atoms with van der Waals surface area (Å²) < 4.78 is 5.81. The summed E-state index contributed by atoms with van der Waals surface area (Å²) in [5.41, 5.74) is 0.785. The van der Waals surface area contributed by atoms with Gasteiger partial charge in [-0.05, 0) is 23.9 Å². The fourth-order valence-corrected chi connectivity index (χ4v) is 3.86. The third-order valence-electron chi connectivity index (χ3n) is 2.66. The first-order chi connectivity index (χ1) is 9.63. The second-order valence-corrected chi connectivity index (χ2v) is 6.05. The molecule has 0 saturated heterocycles. The molecule has 0 aliphatic heterocycles. The number of carboxylic acid groups (broad SMARTS) is 1. The lowest BCUT2D eigenvalue weighted by Crippen LogP contribution is -2.07. The van der Waals surface area contributed by atoms with Crippen molar-refractivity contribution in [2.24, 2.45) is 0 Å². The van der Waals surface area contributed by atoms with Crippen molar-refractivity contribution < 1.29 is 19.4 Å². The molecule has 0 atom stereocenters. The molecule has 1 heterocycles. The molecule has 2 aromatic rings.